The number of carbonyl (C=O) groups is 2. The van der Waals surface area contributed by atoms with Crippen LogP contribution in [0.15, 0.2) is 24.3 Å². The number of benzene rings is 1. The van der Waals surface area contributed by atoms with Crippen molar-refractivity contribution in [2.75, 3.05) is 26.2 Å². The summed E-state index contributed by atoms with van der Waals surface area (Å²) in [6.45, 7) is 6.59. The third-order valence-corrected chi connectivity index (χ3v) is 5.79. The van der Waals surface area contributed by atoms with Gasteiger partial charge in [0.05, 0.1) is 0 Å². The van der Waals surface area contributed by atoms with Gasteiger partial charge in [-0.1, -0.05) is 32.0 Å². The summed E-state index contributed by atoms with van der Waals surface area (Å²) in [6.07, 6.45) is 3.42. The maximum absolute atomic E-state index is 12.5. The quantitative estimate of drug-likeness (QED) is 0.893. The van der Waals surface area contributed by atoms with Crippen LogP contribution < -0.4 is 10.1 Å². The molecule has 2 saturated heterocycles. The van der Waals surface area contributed by atoms with Gasteiger partial charge in [0.2, 0.25) is 5.91 Å². The first-order chi connectivity index (χ1) is 12.0. The minimum Gasteiger partial charge on any atom is -0.483 e. The van der Waals surface area contributed by atoms with Crippen molar-refractivity contribution < 1.29 is 14.3 Å². The fourth-order valence-electron chi connectivity index (χ4n) is 3.81. The minimum atomic E-state index is 0.0334. The van der Waals surface area contributed by atoms with Crippen LogP contribution in [0.5, 0.6) is 5.75 Å². The third-order valence-electron chi connectivity index (χ3n) is 5.79. The van der Waals surface area contributed by atoms with Gasteiger partial charge in [0.15, 0.2) is 6.61 Å². The molecule has 5 heteroatoms. The second-order valence-corrected chi connectivity index (χ2v) is 7.47. The molecule has 1 aromatic carbocycles. The van der Waals surface area contributed by atoms with E-state index in [-0.39, 0.29) is 23.8 Å². The van der Waals surface area contributed by atoms with E-state index in [2.05, 4.69) is 25.2 Å². The number of piperidine rings is 1. The van der Waals surface area contributed by atoms with E-state index in [1.807, 2.05) is 23.1 Å². The van der Waals surface area contributed by atoms with Crippen molar-refractivity contribution in [2.24, 2.45) is 5.41 Å². The first kappa shape index (κ1) is 17.8. The van der Waals surface area contributed by atoms with Crippen LogP contribution in [0.1, 0.15) is 51.0 Å². The molecule has 1 spiro atoms. The van der Waals surface area contributed by atoms with Gasteiger partial charge in [0.25, 0.3) is 5.91 Å². The Kier molecular flexibility index (Phi) is 5.30. The summed E-state index contributed by atoms with van der Waals surface area (Å²) >= 11 is 0. The summed E-state index contributed by atoms with van der Waals surface area (Å²) < 4.78 is 5.85. The molecule has 2 amide bonds. The molecule has 0 aliphatic carbocycles. The Labute approximate surface area is 149 Å². The first-order valence-electron chi connectivity index (χ1n) is 9.29. The Hall–Kier alpha value is -2.04. The zero-order valence-electron chi connectivity index (χ0n) is 15.2. The first-order valence-corrected chi connectivity index (χ1v) is 9.29. The monoisotopic (exact) mass is 344 g/mol. The van der Waals surface area contributed by atoms with Gasteiger partial charge in [-0.15, -0.1) is 0 Å². The van der Waals surface area contributed by atoms with Crippen molar-refractivity contribution >= 4 is 11.8 Å². The number of nitrogens with one attached hydrogen (secondary N) is 1. The van der Waals surface area contributed by atoms with Crippen molar-refractivity contribution in [3.63, 3.8) is 0 Å². The normalized spacial score (nSPS) is 20.4. The minimum absolute atomic E-state index is 0.0334. The summed E-state index contributed by atoms with van der Waals surface area (Å²) in [5.74, 6) is 1.40. The molecule has 3 rings (SSSR count). The maximum Gasteiger partial charge on any atom is 0.260 e. The van der Waals surface area contributed by atoms with Crippen LogP contribution in [0.3, 0.4) is 0 Å². The molecule has 1 atom stereocenters. The van der Waals surface area contributed by atoms with Crippen LogP contribution in [-0.4, -0.2) is 43.0 Å². The van der Waals surface area contributed by atoms with E-state index in [1.54, 1.807) is 0 Å². The smallest absolute Gasteiger partial charge is 0.260 e. The fourth-order valence-corrected chi connectivity index (χ4v) is 3.81. The second kappa shape index (κ2) is 7.46. The summed E-state index contributed by atoms with van der Waals surface area (Å²) in [5, 5.41) is 2.93. The molecule has 2 aliphatic rings. The van der Waals surface area contributed by atoms with Gasteiger partial charge >= 0.3 is 0 Å². The van der Waals surface area contributed by atoms with E-state index in [1.165, 1.54) is 0 Å². The Morgan fingerprint density at radius 3 is 2.68 bits per heavy atom. The highest BCUT2D eigenvalue weighted by molar-refractivity contribution is 5.80. The molecule has 0 saturated carbocycles. The van der Waals surface area contributed by atoms with Crippen molar-refractivity contribution in [1.82, 2.24) is 10.2 Å². The fraction of sp³-hybridized carbons (Fsp3) is 0.600. The number of nitrogens with zero attached hydrogens (tertiary/aromatic N) is 1. The lowest BCUT2D eigenvalue weighted by atomic mass is 9.77. The Morgan fingerprint density at radius 1 is 1.32 bits per heavy atom. The predicted octanol–water partition coefficient (Wildman–Crippen LogP) is 2.71. The number of para-hydroxylation sites is 1. The number of hydrogen-bond donors (Lipinski definition) is 1. The lowest BCUT2D eigenvalue weighted by Gasteiger charge is -2.38. The molecule has 2 heterocycles. The number of carbonyl (C=O) groups excluding carboxylic acids is 2. The predicted molar refractivity (Wildman–Crippen MR) is 96.5 cm³/mol. The molecular weight excluding hydrogens is 316 g/mol. The molecule has 1 N–H and O–H groups in total. The van der Waals surface area contributed by atoms with Gasteiger partial charge in [0, 0.05) is 26.1 Å². The number of amides is 2. The van der Waals surface area contributed by atoms with E-state index in [9.17, 15) is 9.59 Å². The zero-order chi connectivity index (χ0) is 17.9. The van der Waals surface area contributed by atoms with Crippen LogP contribution in [0.2, 0.25) is 0 Å². The van der Waals surface area contributed by atoms with Crippen LogP contribution >= 0.6 is 0 Å². The van der Waals surface area contributed by atoms with Gasteiger partial charge in [-0.2, -0.15) is 0 Å². The molecular formula is C20H28N2O3. The molecule has 0 radical (unpaired) electrons. The van der Waals surface area contributed by atoms with Crippen LogP contribution in [0.25, 0.3) is 0 Å². The average Bonchev–Trinajstić information content (AvgIpc) is 3.00. The summed E-state index contributed by atoms with van der Waals surface area (Å²) in [4.78, 5) is 25.9. The zero-order valence-corrected chi connectivity index (χ0v) is 15.2. The van der Waals surface area contributed by atoms with E-state index in [0.29, 0.717) is 25.4 Å². The van der Waals surface area contributed by atoms with Crippen molar-refractivity contribution in [1.29, 1.82) is 0 Å². The highest BCUT2D eigenvalue weighted by atomic mass is 16.5. The van der Waals surface area contributed by atoms with Crippen LogP contribution in [0.4, 0.5) is 0 Å². The summed E-state index contributed by atoms with van der Waals surface area (Å²) in [5.41, 5.74) is 1.23. The van der Waals surface area contributed by atoms with Crippen LogP contribution in [0, 0.1) is 5.41 Å². The van der Waals surface area contributed by atoms with E-state index in [0.717, 1.165) is 37.1 Å². The summed E-state index contributed by atoms with van der Waals surface area (Å²) in [7, 11) is 0. The Balaban J connectivity index is 1.53. The van der Waals surface area contributed by atoms with Gasteiger partial charge in [-0.3, -0.25) is 9.59 Å². The number of hydrogen-bond acceptors (Lipinski definition) is 3. The van der Waals surface area contributed by atoms with Gasteiger partial charge in [-0.25, -0.2) is 0 Å². The molecule has 0 aromatic heterocycles. The Morgan fingerprint density at radius 2 is 2.04 bits per heavy atom. The Bertz CT molecular complexity index is 636. The molecule has 136 valence electrons. The molecule has 2 aliphatic heterocycles. The molecule has 2 fully saturated rings. The van der Waals surface area contributed by atoms with Gasteiger partial charge < -0.3 is 15.0 Å². The van der Waals surface area contributed by atoms with Gasteiger partial charge in [0.1, 0.15) is 5.75 Å². The lowest BCUT2D eigenvalue weighted by Crippen LogP contribution is -2.45. The average molecular weight is 344 g/mol. The molecule has 0 bridgehead atoms. The van der Waals surface area contributed by atoms with Crippen molar-refractivity contribution in [3.05, 3.63) is 29.8 Å². The maximum atomic E-state index is 12.5. The van der Waals surface area contributed by atoms with E-state index >= 15 is 0 Å². The van der Waals surface area contributed by atoms with E-state index in [4.69, 9.17) is 4.74 Å². The van der Waals surface area contributed by atoms with Crippen molar-refractivity contribution in [3.8, 4) is 5.75 Å². The third kappa shape index (κ3) is 3.97. The topological polar surface area (TPSA) is 58.6 Å². The SMILES string of the molecule is CCC(C)c1ccccc1OCC(=O)N1CCC2(CC1)CNC(=O)C2. The highest BCUT2D eigenvalue weighted by Gasteiger charge is 2.41. The highest BCUT2D eigenvalue weighted by Crippen LogP contribution is 2.37. The second-order valence-electron chi connectivity index (χ2n) is 7.47. The van der Waals surface area contributed by atoms with Gasteiger partial charge in [-0.05, 0) is 42.2 Å². The largest absolute Gasteiger partial charge is 0.483 e. The summed E-state index contributed by atoms with van der Waals surface area (Å²) in [6, 6.07) is 7.97. The molecule has 1 aromatic rings. The van der Waals surface area contributed by atoms with Crippen LogP contribution in [-0.2, 0) is 9.59 Å². The number of ether oxygens (including phenoxy) is 1. The van der Waals surface area contributed by atoms with E-state index < -0.39 is 0 Å². The molecule has 5 nitrogen and oxygen atoms in total. The molecule has 1 unspecified atom stereocenters. The number of rotatable bonds is 5. The standard InChI is InChI=1S/C20H28N2O3/c1-3-15(2)16-6-4-5-7-17(16)25-13-19(24)22-10-8-20(9-11-22)12-18(23)21-14-20/h4-7,15H,3,8-14H2,1-2H3,(H,21,23). The van der Waals surface area contributed by atoms with Crippen molar-refractivity contribution in [2.45, 2.75) is 45.4 Å². The molecule has 25 heavy (non-hydrogen) atoms. The lowest BCUT2D eigenvalue weighted by molar-refractivity contribution is -0.135. The number of likely N-dealkylation sites (tertiary alicyclic amines) is 1.